The number of furan rings is 2. The van der Waals surface area contributed by atoms with Crippen LogP contribution in [-0.2, 0) is 0 Å². The Morgan fingerprint density at radius 2 is 1.00 bits per heavy atom. The first-order chi connectivity index (χ1) is 22.7. The molecule has 220 valence electrons. The third-order valence-corrected chi connectivity index (χ3v) is 9.49. The lowest BCUT2D eigenvalue weighted by atomic mass is 9.33. The third-order valence-electron chi connectivity index (χ3n) is 9.49. The lowest BCUT2D eigenvalue weighted by Crippen LogP contribution is -2.60. The van der Waals surface area contributed by atoms with Gasteiger partial charge in [0.15, 0.2) is 23.0 Å². The summed E-state index contributed by atoms with van der Waals surface area (Å²) in [6, 6.07) is 33.2. The second-order valence-corrected chi connectivity index (χ2v) is 12.0. The van der Waals surface area contributed by atoms with Crippen molar-refractivity contribution in [2.24, 2.45) is 0 Å². The molecule has 0 fully saturated rings. The highest BCUT2D eigenvalue weighted by atomic mass is 16.7. The topological polar surface area (TPSA) is 69.7 Å². The summed E-state index contributed by atoms with van der Waals surface area (Å²) < 4.78 is 36.7. The molecule has 4 aliphatic rings. The van der Waals surface area contributed by atoms with E-state index in [0.29, 0.717) is 11.5 Å². The van der Waals surface area contributed by atoms with Crippen molar-refractivity contribution in [1.29, 1.82) is 0 Å². The molecule has 46 heavy (non-hydrogen) atoms. The summed E-state index contributed by atoms with van der Waals surface area (Å²) in [6.07, 6.45) is 0. The first kappa shape index (κ1) is 24.4. The SMILES string of the molecule is Cc1cc2c3c(c1)N(c1ccc4c(c1)OCO4)c1oc4ccccc4c1B3c1c(oc3ccccc13)N2c1ccc2c(c1)OCO2. The quantitative estimate of drug-likeness (QED) is 0.196. The minimum Gasteiger partial charge on any atom is -0.454 e. The van der Waals surface area contributed by atoms with Crippen LogP contribution in [0.15, 0.2) is 106 Å². The van der Waals surface area contributed by atoms with Gasteiger partial charge in [-0.2, -0.15) is 0 Å². The van der Waals surface area contributed by atoms with Crippen molar-refractivity contribution >= 4 is 79.6 Å². The van der Waals surface area contributed by atoms with Crippen LogP contribution in [0.5, 0.6) is 23.0 Å². The van der Waals surface area contributed by atoms with E-state index in [4.69, 9.17) is 27.8 Å². The van der Waals surface area contributed by atoms with Gasteiger partial charge in [-0.05, 0) is 66.5 Å². The van der Waals surface area contributed by atoms with Gasteiger partial charge in [0, 0.05) is 45.2 Å². The smallest absolute Gasteiger partial charge is 0.262 e. The standard InChI is InChI=1S/C37H23BN2O6/c1-20-14-25-35-26(15-20)40(22-11-13-30-32(17-22)44-19-42-30)37-34(24-7-3-5-9-28(24)46-37)38(35)33-23-6-2-4-8-27(23)45-36(33)39(25)21-10-12-29-31(16-21)43-18-41-29/h2-17H,18-19H2,1H3. The summed E-state index contributed by atoms with van der Waals surface area (Å²) in [6.45, 7) is 2.39. The molecule has 0 amide bonds. The lowest BCUT2D eigenvalue weighted by molar-refractivity contribution is 0.173. The zero-order chi connectivity index (χ0) is 30.1. The molecule has 0 atom stereocenters. The molecule has 0 bridgehead atoms. The zero-order valence-electron chi connectivity index (χ0n) is 24.6. The number of fused-ring (bicyclic) bond motifs is 10. The van der Waals surface area contributed by atoms with Crippen LogP contribution in [0.4, 0.5) is 34.5 Å². The maximum Gasteiger partial charge on any atom is 0.262 e. The van der Waals surface area contributed by atoms with Gasteiger partial charge in [-0.15, -0.1) is 0 Å². The van der Waals surface area contributed by atoms with Gasteiger partial charge in [-0.3, -0.25) is 9.80 Å². The normalized spacial score (nSPS) is 15.0. The predicted molar refractivity (Wildman–Crippen MR) is 177 cm³/mol. The number of benzene rings is 5. The fourth-order valence-electron chi connectivity index (χ4n) is 7.63. The third kappa shape index (κ3) is 3.09. The van der Waals surface area contributed by atoms with E-state index < -0.39 is 0 Å². The number of rotatable bonds is 2. The summed E-state index contributed by atoms with van der Waals surface area (Å²) in [4.78, 5) is 4.45. The van der Waals surface area contributed by atoms with Gasteiger partial charge >= 0.3 is 0 Å². The number of hydrogen-bond donors (Lipinski definition) is 0. The minimum absolute atomic E-state index is 0.154. The van der Waals surface area contributed by atoms with E-state index in [0.717, 1.165) is 84.4 Å². The van der Waals surface area contributed by atoms with Gasteiger partial charge in [-0.1, -0.05) is 36.4 Å². The molecular weight excluding hydrogens is 579 g/mol. The second kappa shape index (κ2) is 8.60. The van der Waals surface area contributed by atoms with Crippen molar-refractivity contribution in [1.82, 2.24) is 0 Å². The van der Waals surface area contributed by atoms with E-state index >= 15 is 0 Å². The monoisotopic (exact) mass is 602 g/mol. The van der Waals surface area contributed by atoms with Crippen molar-refractivity contribution < 1.29 is 27.8 Å². The van der Waals surface area contributed by atoms with Crippen LogP contribution in [0.25, 0.3) is 21.9 Å². The van der Waals surface area contributed by atoms with Crippen LogP contribution in [0.3, 0.4) is 0 Å². The Kier molecular flexibility index (Phi) is 4.56. The number of para-hydroxylation sites is 2. The molecule has 0 unspecified atom stereocenters. The highest BCUT2D eigenvalue weighted by Crippen LogP contribution is 2.49. The summed E-state index contributed by atoms with van der Waals surface area (Å²) in [5.41, 5.74) is 10.0. The van der Waals surface area contributed by atoms with E-state index in [1.807, 2.05) is 48.5 Å². The first-order valence-corrected chi connectivity index (χ1v) is 15.3. The number of anilines is 6. The minimum atomic E-state index is -0.154. The highest BCUT2D eigenvalue weighted by molar-refractivity contribution is 7.02. The molecule has 0 radical (unpaired) electrons. The molecule has 8 nitrogen and oxygen atoms in total. The average molecular weight is 602 g/mol. The molecule has 0 N–H and O–H groups in total. The Morgan fingerprint density at radius 3 is 1.52 bits per heavy atom. The maximum atomic E-state index is 6.81. The van der Waals surface area contributed by atoms with Crippen molar-refractivity contribution in [2.45, 2.75) is 6.92 Å². The van der Waals surface area contributed by atoms with Gasteiger partial charge in [0.2, 0.25) is 25.4 Å². The van der Waals surface area contributed by atoms with E-state index in [1.165, 1.54) is 5.46 Å². The molecule has 4 aliphatic heterocycles. The van der Waals surface area contributed by atoms with Crippen LogP contribution in [0, 0.1) is 6.92 Å². The van der Waals surface area contributed by atoms with E-state index in [1.54, 1.807) is 0 Å². The molecular formula is C37H23BN2O6. The molecule has 2 aromatic heterocycles. The molecule has 0 aliphatic carbocycles. The van der Waals surface area contributed by atoms with Crippen LogP contribution < -0.4 is 45.1 Å². The Morgan fingerprint density at radius 1 is 0.522 bits per heavy atom. The fraction of sp³-hybridized carbons (Fsp3) is 0.0811. The molecule has 7 aromatic rings. The highest BCUT2D eigenvalue weighted by Gasteiger charge is 2.49. The molecule has 0 spiro atoms. The Bertz CT molecular complexity index is 2280. The summed E-state index contributed by atoms with van der Waals surface area (Å²) >= 11 is 0. The van der Waals surface area contributed by atoms with Crippen LogP contribution in [0.1, 0.15) is 5.56 Å². The molecule has 5 aromatic carbocycles. The Hall–Kier alpha value is -5.96. The number of aryl methyl sites for hydroxylation is 1. The van der Waals surface area contributed by atoms with Crippen molar-refractivity contribution in [3.63, 3.8) is 0 Å². The van der Waals surface area contributed by atoms with E-state index in [-0.39, 0.29) is 20.3 Å². The largest absolute Gasteiger partial charge is 0.454 e. The van der Waals surface area contributed by atoms with E-state index in [9.17, 15) is 0 Å². The first-order valence-electron chi connectivity index (χ1n) is 15.3. The van der Waals surface area contributed by atoms with Gasteiger partial charge < -0.3 is 27.8 Å². The van der Waals surface area contributed by atoms with Gasteiger partial charge in [0.25, 0.3) is 6.71 Å². The second-order valence-electron chi connectivity index (χ2n) is 12.0. The Labute approximate surface area is 262 Å². The molecule has 6 heterocycles. The van der Waals surface area contributed by atoms with Crippen LogP contribution in [-0.4, -0.2) is 20.3 Å². The van der Waals surface area contributed by atoms with Gasteiger partial charge in [-0.25, -0.2) is 0 Å². The van der Waals surface area contributed by atoms with Crippen LogP contribution >= 0.6 is 0 Å². The molecule has 0 saturated heterocycles. The molecule has 0 saturated carbocycles. The summed E-state index contributed by atoms with van der Waals surface area (Å²) in [5.74, 6) is 4.45. The zero-order valence-corrected chi connectivity index (χ0v) is 24.6. The van der Waals surface area contributed by atoms with Gasteiger partial charge in [0.05, 0.1) is 11.4 Å². The summed E-state index contributed by atoms with van der Waals surface area (Å²) in [5, 5.41) is 2.14. The van der Waals surface area contributed by atoms with E-state index in [2.05, 4.69) is 65.3 Å². The number of hydrogen-bond acceptors (Lipinski definition) is 8. The maximum absolute atomic E-state index is 6.81. The van der Waals surface area contributed by atoms with Crippen LogP contribution in [0.2, 0.25) is 0 Å². The average Bonchev–Trinajstić information content (AvgIpc) is 3.88. The lowest BCUT2D eigenvalue weighted by Gasteiger charge is -2.40. The van der Waals surface area contributed by atoms with Crippen molar-refractivity contribution in [2.75, 3.05) is 23.4 Å². The number of nitrogens with zero attached hydrogens (tertiary/aromatic N) is 2. The van der Waals surface area contributed by atoms with Crippen molar-refractivity contribution in [3.8, 4) is 23.0 Å². The molecule has 11 rings (SSSR count). The fourth-order valence-corrected chi connectivity index (χ4v) is 7.63. The number of ether oxygens (including phenoxy) is 4. The van der Waals surface area contributed by atoms with Crippen molar-refractivity contribution in [3.05, 3.63) is 103 Å². The molecule has 9 heteroatoms. The van der Waals surface area contributed by atoms with Gasteiger partial charge in [0.1, 0.15) is 11.2 Å². The summed E-state index contributed by atoms with van der Waals surface area (Å²) in [7, 11) is 0. The predicted octanol–water partition coefficient (Wildman–Crippen LogP) is 7.03. The Balaban J connectivity index is 1.27.